The summed E-state index contributed by atoms with van der Waals surface area (Å²) >= 11 is 0. The highest BCUT2D eigenvalue weighted by Gasteiger charge is 1.80. The van der Waals surface area contributed by atoms with Crippen molar-refractivity contribution in [2.45, 2.75) is 20.8 Å². The topological polar surface area (TPSA) is 32.6 Å². The fraction of sp³-hybridized carbons (Fsp3) is 0.500. The summed E-state index contributed by atoms with van der Waals surface area (Å²) in [6, 6.07) is 0. The number of hydrogen-bond donors (Lipinski definition) is 1. The van der Waals surface area contributed by atoms with Crippen LogP contribution in [0.2, 0.25) is 0 Å². The molecule has 1 N–H and O–H groups in total. The van der Waals surface area contributed by atoms with Crippen LogP contribution < -0.4 is 0 Å². The van der Waals surface area contributed by atoms with Crippen LogP contribution in [0.1, 0.15) is 20.8 Å². The summed E-state index contributed by atoms with van der Waals surface area (Å²) in [4.78, 5) is 0. The first kappa shape index (κ1) is 7.21. The molecule has 0 amide bonds. The molecule has 0 atom stereocenters. The lowest BCUT2D eigenvalue weighted by Crippen LogP contribution is -1.83. The molecule has 0 radical (unpaired) electrons. The third kappa shape index (κ3) is 3.40. The third-order valence-corrected chi connectivity index (χ3v) is 0.655. The molecule has 0 aliphatic carbocycles. The highest BCUT2D eigenvalue weighted by molar-refractivity contribution is 5.92. The van der Waals surface area contributed by atoms with Crippen LogP contribution >= 0.6 is 0 Å². The lowest BCUT2D eigenvalue weighted by molar-refractivity contribution is 0.319. The normalized spacial score (nSPS) is 11.1. The molecule has 0 rings (SSSR count). The summed E-state index contributed by atoms with van der Waals surface area (Å²) in [6.07, 6.45) is 1.81. The molecular weight excluding hydrogens is 102 g/mol. The van der Waals surface area contributed by atoms with E-state index in [2.05, 4.69) is 5.16 Å². The van der Waals surface area contributed by atoms with Gasteiger partial charge in [-0.2, -0.15) is 0 Å². The quantitative estimate of drug-likeness (QED) is 0.314. The van der Waals surface area contributed by atoms with Gasteiger partial charge in [0.25, 0.3) is 0 Å². The van der Waals surface area contributed by atoms with Crippen molar-refractivity contribution in [2.75, 3.05) is 0 Å². The van der Waals surface area contributed by atoms with Crippen molar-refractivity contribution in [1.82, 2.24) is 0 Å². The van der Waals surface area contributed by atoms with Crippen molar-refractivity contribution in [3.8, 4) is 0 Å². The van der Waals surface area contributed by atoms with Crippen molar-refractivity contribution in [1.29, 1.82) is 0 Å². The van der Waals surface area contributed by atoms with Crippen LogP contribution in [0, 0.1) is 0 Å². The van der Waals surface area contributed by atoms with Gasteiger partial charge in [-0.3, -0.25) is 0 Å². The van der Waals surface area contributed by atoms with E-state index < -0.39 is 0 Å². The number of nitrogens with zero attached hydrogens (tertiary/aromatic N) is 1. The summed E-state index contributed by atoms with van der Waals surface area (Å²) < 4.78 is 0. The molecule has 0 aliphatic rings. The van der Waals surface area contributed by atoms with Crippen LogP contribution in [-0.2, 0) is 0 Å². The van der Waals surface area contributed by atoms with Gasteiger partial charge in [-0.15, -0.1) is 0 Å². The number of rotatable bonds is 1. The van der Waals surface area contributed by atoms with Crippen LogP contribution in [0.25, 0.3) is 0 Å². The Bertz CT molecular complexity index is 120. The van der Waals surface area contributed by atoms with Crippen LogP contribution in [0.15, 0.2) is 16.8 Å². The first-order chi connectivity index (χ1) is 3.66. The van der Waals surface area contributed by atoms with Crippen molar-refractivity contribution < 1.29 is 5.21 Å². The second-order valence-electron chi connectivity index (χ2n) is 1.96. The van der Waals surface area contributed by atoms with Gasteiger partial charge in [0.2, 0.25) is 0 Å². The van der Waals surface area contributed by atoms with E-state index in [0.29, 0.717) is 5.71 Å². The summed E-state index contributed by atoms with van der Waals surface area (Å²) in [5.41, 5.74) is 1.78. The predicted molar refractivity (Wildman–Crippen MR) is 34.3 cm³/mol. The summed E-state index contributed by atoms with van der Waals surface area (Å²) in [5, 5.41) is 11.1. The zero-order valence-corrected chi connectivity index (χ0v) is 5.47. The Morgan fingerprint density at radius 3 is 2.00 bits per heavy atom. The molecular formula is C6H11NO. The van der Waals surface area contributed by atoms with Gasteiger partial charge in [-0.05, 0) is 26.8 Å². The van der Waals surface area contributed by atoms with E-state index in [9.17, 15) is 0 Å². The molecule has 2 heteroatoms. The number of oxime groups is 1. The van der Waals surface area contributed by atoms with E-state index in [1.54, 1.807) is 13.0 Å². The van der Waals surface area contributed by atoms with Gasteiger partial charge < -0.3 is 5.21 Å². The fourth-order valence-electron chi connectivity index (χ4n) is 0.447. The molecule has 0 bridgehead atoms. The van der Waals surface area contributed by atoms with Gasteiger partial charge in [-0.1, -0.05) is 10.7 Å². The lowest BCUT2D eigenvalue weighted by Gasteiger charge is -1.86. The molecule has 0 spiro atoms. The lowest BCUT2D eigenvalue weighted by atomic mass is 10.3. The minimum Gasteiger partial charge on any atom is -0.411 e. The molecule has 0 aromatic rings. The standard InChI is InChI=1S/C6H11NO/c1-5(2)4-6(3)7-8/h4,8H,1-3H3. The van der Waals surface area contributed by atoms with Gasteiger partial charge in [0.05, 0.1) is 5.71 Å². The Hall–Kier alpha value is -0.790. The van der Waals surface area contributed by atoms with Crippen LogP contribution in [-0.4, -0.2) is 10.9 Å². The predicted octanol–water partition coefficient (Wildman–Crippen LogP) is 1.80. The summed E-state index contributed by atoms with van der Waals surface area (Å²) in [6.45, 7) is 5.65. The van der Waals surface area contributed by atoms with Gasteiger partial charge in [0, 0.05) is 0 Å². The summed E-state index contributed by atoms with van der Waals surface area (Å²) in [5.74, 6) is 0. The third-order valence-electron chi connectivity index (χ3n) is 0.655. The molecule has 0 aliphatic heterocycles. The molecule has 8 heavy (non-hydrogen) atoms. The molecule has 2 nitrogen and oxygen atoms in total. The zero-order valence-electron chi connectivity index (χ0n) is 5.47. The highest BCUT2D eigenvalue weighted by atomic mass is 16.4. The van der Waals surface area contributed by atoms with E-state index >= 15 is 0 Å². The average Bonchev–Trinajstić information content (AvgIpc) is 1.65. The molecule has 0 saturated heterocycles. The largest absolute Gasteiger partial charge is 0.411 e. The van der Waals surface area contributed by atoms with Crippen molar-refractivity contribution >= 4 is 5.71 Å². The van der Waals surface area contributed by atoms with E-state index in [4.69, 9.17) is 5.21 Å². The Kier molecular flexibility index (Phi) is 2.92. The molecule has 0 aromatic heterocycles. The fourth-order valence-corrected chi connectivity index (χ4v) is 0.447. The van der Waals surface area contributed by atoms with Crippen LogP contribution in [0.4, 0.5) is 0 Å². The smallest absolute Gasteiger partial charge is 0.0764 e. The van der Waals surface area contributed by atoms with Crippen molar-refractivity contribution in [3.05, 3.63) is 11.6 Å². The first-order valence-electron chi connectivity index (χ1n) is 2.50. The second kappa shape index (κ2) is 3.24. The highest BCUT2D eigenvalue weighted by Crippen LogP contribution is 1.88. The minimum atomic E-state index is 0.644. The Morgan fingerprint density at radius 2 is 1.88 bits per heavy atom. The molecule has 0 saturated carbocycles. The van der Waals surface area contributed by atoms with E-state index in [1.807, 2.05) is 13.8 Å². The van der Waals surface area contributed by atoms with Crippen LogP contribution in [0.3, 0.4) is 0 Å². The Labute approximate surface area is 49.5 Å². The van der Waals surface area contributed by atoms with Gasteiger partial charge in [0.1, 0.15) is 0 Å². The SMILES string of the molecule is CC(C)=CC(C)=NO. The first-order valence-corrected chi connectivity index (χ1v) is 2.50. The van der Waals surface area contributed by atoms with E-state index in [0.717, 1.165) is 5.57 Å². The second-order valence-corrected chi connectivity index (χ2v) is 1.96. The zero-order chi connectivity index (χ0) is 6.57. The van der Waals surface area contributed by atoms with Crippen LogP contribution in [0.5, 0.6) is 0 Å². The monoisotopic (exact) mass is 113 g/mol. The Balaban J connectivity index is 3.89. The average molecular weight is 113 g/mol. The number of hydrogen-bond acceptors (Lipinski definition) is 2. The van der Waals surface area contributed by atoms with Gasteiger partial charge in [-0.25, -0.2) is 0 Å². The number of allylic oxidation sites excluding steroid dienone is 2. The minimum absolute atomic E-state index is 0.644. The molecule has 0 unspecified atom stereocenters. The van der Waals surface area contributed by atoms with E-state index in [-0.39, 0.29) is 0 Å². The molecule has 46 valence electrons. The summed E-state index contributed by atoms with van der Waals surface area (Å²) in [7, 11) is 0. The molecule has 0 aromatic carbocycles. The Morgan fingerprint density at radius 1 is 1.38 bits per heavy atom. The molecule has 0 fully saturated rings. The van der Waals surface area contributed by atoms with Crippen molar-refractivity contribution in [2.24, 2.45) is 5.16 Å². The maximum absolute atomic E-state index is 8.13. The van der Waals surface area contributed by atoms with Gasteiger partial charge >= 0.3 is 0 Å². The maximum Gasteiger partial charge on any atom is 0.0764 e. The molecule has 0 heterocycles. The van der Waals surface area contributed by atoms with Crippen molar-refractivity contribution in [3.63, 3.8) is 0 Å². The van der Waals surface area contributed by atoms with E-state index in [1.165, 1.54) is 0 Å². The van der Waals surface area contributed by atoms with Gasteiger partial charge in [0.15, 0.2) is 0 Å². The maximum atomic E-state index is 8.13.